The van der Waals surface area contributed by atoms with Crippen molar-refractivity contribution >= 4 is 21.7 Å². The summed E-state index contributed by atoms with van der Waals surface area (Å²) >= 11 is 0. The van der Waals surface area contributed by atoms with E-state index in [1.54, 1.807) is 6.92 Å². The molecule has 1 aromatic carbocycles. The number of carbonyl (C=O) groups is 1. The predicted octanol–water partition coefficient (Wildman–Crippen LogP) is 1.09. The molecule has 0 saturated carbocycles. The van der Waals surface area contributed by atoms with Gasteiger partial charge < -0.3 is 9.84 Å². The number of benzene rings is 1. The topological polar surface area (TPSA) is 127 Å². The third kappa shape index (κ3) is 3.92. The van der Waals surface area contributed by atoms with E-state index in [1.165, 1.54) is 7.11 Å². The van der Waals surface area contributed by atoms with E-state index in [-0.39, 0.29) is 22.9 Å². The van der Waals surface area contributed by atoms with Gasteiger partial charge in [-0.15, -0.1) is 0 Å². The molecule has 0 fully saturated rings. The average molecular weight is 332 g/mol. The fraction of sp³-hybridized carbons (Fsp3) is 0.417. The summed E-state index contributed by atoms with van der Waals surface area (Å²) in [6, 6.07) is 3.05. The zero-order chi connectivity index (χ0) is 16.9. The minimum atomic E-state index is -4.14. The van der Waals surface area contributed by atoms with E-state index >= 15 is 0 Å². The molecular weight excluding hydrogens is 316 g/mol. The number of nitro groups is 1. The van der Waals surface area contributed by atoms with Crippen molar-refractivity contribution in [3.05, 3.63) is 28.3 Å². The van der Waals surface area contributed by atoms with Gasteiger partial charge in [-0.05, 0) is 12.5 Å². The summed E-state index contributed by atoms with van der Waals surface area (Å²) in [7, 11) is -2.96. The van der Waals surface area contributed by atoms with Crippen LogP contribution in [-0.4, -0.2) is 48.9 Å². The van der Waals surface area contributed by atoms with Crippen LogP contribution in [0.3, 0.4) is 0 Å². The van der Waals surface area contributed by atoms with Crippen LogP contribution in [0.4, 0.5) is 5.69 Å². The number of sulfonamides is 1. The Kier molecular flexibility index (Phi) is 5.83. The summed E-state index contributed by atoms with van der Waals surface area (Å²) in [4.78, 5) is 20.6. The molecule has 0 aliphatic carbocycles. The van der Waals surface area contributed by atoms with E-state index < -0.39 is 27.5 Å². The minimum Gasteiger partial charge on any atom is -0.495 e. The van der Waals surface area contributed by atoms with E-state index in [2.05, 4.69) is 0 Å². The van der Waals surface area contributed by atoms with Gasteiger partial charge >= 0.3 is 5.97 Å². The Bertz CT molecular complexity index is 672. The molecule has 0 heterocycles. The summed E-state index contributed by atoms with van der Waals surface area (Å²) in [5.74, 6) is -1.50. The number of carboxylic acid groups (broad SMARTS) is 1. The van der Waals surface area contributed by atoms with Gasteiger partial charge in [0.2, 0.25) is 10.0 Å². The summed E-state index contributed by atoms with van der Waals surface area (Å²) in [6.07, 6.45) is 0.418. The summed E-state index contributed by atoms with van der Waals surface area (Å²) in [5, 5.41) is 19.6. The highest BCUT2D eigenvalue weighted by atomic mass is 32.2. The van der Waals surface area contributed by atoms with Crippen LogP contribution in [0.2, 0.25) is 0 Å². The number of hydrogen-bond acceptors (Lipinski definition) is 6. The second-order valence-electron chi connectivity index (χ2n) is 4.32. The van der Waals surface area contributed by atoms with Crippen molar-refractivity contribution in [2.45, 2.75) is 18.2 Å². The van der Waals surface area contributed by atoms with Crippen LogP contribution in [-0.2, 0) is 14.8 Å². The second-order valence-corrected chi connectivity index (χ2v) is 6.23. The molecule has 0 atom stereocenters. The zero-order valence-corrected chi connectivity index (χ0v) is 12.9. The molecule has 122 valence electrons. The fourth-order valence-corrected chi connectivity index (χ4v) is 3.42. The van der Waals surface area contributed by atoms with Crippen LogP contribution in [0, 0.1) is 10.1 Å². The molecule has 0 radical (unpaired) electrons. The quantitative estimate of drug-likeness (QED) is 0.557. The maximum atomic E-state index is 12.5. The van der Waals surface area contributed by atoms with Gasteiger partial charge in [0, 0.05) is 12.6 Å². The smallest absolute Gasteiger partial charge is 0.318 e. The molecule has 0 spiro atoms. The molecule has 0 saturated heterocycles. The SMILES string of the molecule is CCCN(CC(=O)O)S(=O)(=O)c1ccc([N+](=O)[O-])cc1OC. The van der Waals surface area contributed by atoms with Gasteiger partial charge in [-0.3, -0.25) is 14.9 Å². The molecule has 0 aliphatic rings. The molecule has 10 heteroatoms. The number of carboxylic acids is 1. The van der Waals surface area contributed by atoms with E-state index in [0.29, 0.717) is 6.42 Å². The predicted molar refractivity (Wildman–Crippen MR) is 76.3 cm³/mol. The van der Waals surface area contributed by atoms with Crippen molar-refractivity contribution < 1.29 is 28.0 Å². The largest absolute Gasteiger partial charge is 0.495 e. The first kappa shape index (κ1) is 17.9. The summed E-state index contributed by atoms with van der Waals surface area (Å²) in [5.41, 5.74) is -0.323. The molecule has 22 heavy (non-hydrogen) atoms. The van der Waals surface area contributed by atoms with Gasteiger partial charge in [0.05, 0.1) is 18.1 Å². The van der Waals surface area contributed by atoms with Crippen molar-refractivity contribution in [3.63, 3.8) is 0 Å². The number of hydrogen-bond donors (Lipinski definition) is 1. The number of nitrogens with zero attached hydrogens (tertiary/aromatic N) is 2. The summed E-state index contributed by atoms with van der Waals surface area (Å²) in [6.45, 7) is 1.02. The van der Waals surface area contributed by atoms with Crippen molar-refractivity contribution in [1.29, 1.82) is 0 Å². The Hall–Kier alpha value is -2.20. The molecule has 1 rings (SSSR count). The number of ether oxygens (including phenoxy) is 1. The first-order valence-corrected chi connectivity index (χ1v) is 7.72. The van der Waals surface area contributed by atoms with Crippen LogP contribution < -0.4 is 4.74 Å². The lowest BCUT2D eigenvalue weighted by Crippen LogP contribution is -2.36. The molecule has 9 nitrogen and oxygen atoms in total. The van der Waals surface area contributed by atoms with E-state index in [4.69, 9.17) is 9.84 Å². The van der Waals surface area contributed by atoms with Crippen LogP contribution in [0.15, 0.2) is 23.1 Å². The van der Waals surface area contributed by atoms with Crippen molar-refractivity contribution in [2.24, 2.45) is 0 Å². The maximum absolute atomic E-state index is 12.5. The molecule has 0 aromatic heterocycles. The number of nitro benzene ring substituents is 1. The van der Waals surface area contributed by atoms with Crippen molar-refractivity contribution in [1.82, 2.24) is 4.31 Å². The van der Waals surface area contributed by atoms with Gasteiger partial charge in [0.15, 0.2) is 0 Å². The van der Waals surface area contributed by atoms with Crippen molar-refractivity contribution in [3.8, 4) is 5.75 Å². The molecule has 1 N–H and O–H groups in total. The van der Waals surface area contributed by atoms with Crippen LogP contribution >= 0.6 is 0 Å². The third-order valence-corrected chi connectivity index (χ3v) is 4.65. The lowest BCUT2D eigenvalue weighted by atomic mass is 10.3. The normalized spacial score (nSPS) is 11.4. The Labute approximate surface area is 127 Å². The molecule has 0 aliphatic heterocycles. The highest BCUT2D eigenvalue weighted by Crippen LogP contribution is 2.30. The Morgan fingerprint density at radius 1 is 1.45 bits per heavy atom. The van der Waals surface area contributed by atoms with E-state index in [1.807, 2.05) is 0 Å². The number of methoxy groups -OCH3 is 1. The van der Waals surface area contributed by atoms with Crippen LogP contribution in [0.25, 0.3) is 0 Å². The summed E-state index contributed by atoms with van der Waals surface area (Å²) < 4.78 is 30.8. The van der Waals surface area contributed by atoms with Crippen molar-refractivity contribution in [2.75, 3.05) is 20.2 Å². The van der Waals surface area contributed by atoms with Crippen LogP contribution in [0.1, 0.15) is 13.3 Å². The van der Waals surface area contributed by atoms with Gasteiger partial charge in [0.25, 0.3) is 5.69 Å². The monoisotopic (exact) mass is 332 g/mol. The number of aliphatic carboxylic acids is 1. The highest BCUT2D eigenvalue weighted by molar-refractivity contribution is 7.89. The molecular formula is C12H16N2O7S. The van der Waals surface area contributed by atoms with Gasteiger partial charge in [-0.1, -0.05) is 6.92 Å². The Balaban J connectivity index is 3.36. The number of non-ortho nitro benzene ring substituents is 1. The minimum absolute atomic E-state index is 0.00871. The second kappa shape index (κ2) is 7.18. The first-order chi connectivity index (χ1) is 10.2. The fourth-order valence-electron chi connectivity index (χ4n) is 1.81. The Morgan fingerprint density at radius 2 is 2.09 bits per heavy atom. The standard InChI is InChI=1S/C12H16N2O7S/c1-3-6-13(8-12(15)16)22(19,20)11-5-4-9(14(17)18)7-10(11)21-2/h4-5,7H,3,6,8H2,1-2H3,(H,15,16). The lowest BCUT2D eigenvalue weighted by Gasteiger charge is -2.20. The average Bonchev–Trinajstić information content (AvgIpc) is 2.45. The van der Waals surface area contributed by atoms with Gasteiger partial charge in [-0.25, -0.2) is 8.42 Å². The van der Waals surface area contributed by atoms with E-state index in [0.717, 1.165) is 22.5 Å². The van der Waals surface area contributed by atoms with Gasteiger partial charge in [-0.2, -0.15) is 4.31 Å². The maximum Gasteiger partial charge on any atom is 0.318 e. The highest BCUT2D eigenvalue weighted by Gasteiger charge is 2.30. The van der Waals surface area contributed by atoms with Gasteiger partial charge in [0.1, 0.15) is 17.2 Å². The molecule has 0 unspecified atom stereocenters. The van der Waals surface area contributed by atoms with Crippen LogP contribution in [0.5, 0.6) is 5.75 Å². The molecule has 0 amide bonds. The molecule has 1 aromatic rings. The third-order valence-electron chi connectivity index (χ3n) is 2.76. The lowest BCUT2D eigenvalue weighted by molar-refractivity contribution is -0.385. The first-order valence-electron chi connectivity index (χ1n) is 6.28. The molecule has 0 bridgehead atoms. The van der Waals surface area contributed by atoms with E-state index in [9.17, 15) is 23.3 Å². The number of rotatable bonds is 8. The zero-order valence-electron chi connectivity index (χ0n) is 12.1. The Morgan fingerprint density at radius 3 is 2.55 bits per heavy atom.